The fraction of sp³-hybridized carbons (Fsp3) is 0.483. The van der Waals surface area contributed by atoms with Gasteiger partial charge in [0.05, 0.1) is 29.9 Å². The molecule has 0 bridgehead atoms. The number of nitrogens with zero attached hydrogens (tertiary/aromatic N) is 6. The van der Waals surface area contributed by atoms with E-state index in [1.54, 1.807) is 33.1 Å². The molecule has 2 aliphatic rings. The van der Waals surface area contributed by atoms with Crippen LogP contribution in [0.1, 0.15) is 26.7 Å². The molecule has 4 heterocycles. The van der Waals surface area contributed by atoms with Gasteiger partial charge in [-0.3, -0.25) is 4.90 Å². The number of sulfone groups is 1. The highest BCUT2D eigenvalue weighted by molar-refractivity contribution is 7.92. The fourth-order valence-corrected chi connectivity index (χ4v) is 6.57. The minimum Gasteiger partial charge on any atom is -0.494 e. The van der Waals surface area contributed by atoms with Gasteiger partial charge in [0.25, 0.3) is 0 Å². The lowest BCUT2D eigenvalue weighted by atomic mass is 10.0. The quantitative estimate of drug-likeness (QED) is 0.357. The van der Waals surface area contributed by atoms with E-state index in [0.717, 1.165) is 57.8 Å². The van der Waals surface area contributed by atoms with Crippen LogP contribution in [0.3, 0.4) is 0 Å². The molecule has 2 aliphatic heterocycles. The van der Waals surface area contributed by atoms with Gasteiger partial charge < -0.3 is 25.2 Å². The van der Waals surface area contributed by atoms with E-state index in [2.05, 4.69) is 53.4 Å². The van der Waals surface area contributed by atoms with Crippen LogP contribution in [0.25, 0.3) is 0 Å². The maximum Gasteiger partial charge on any atom is 0.229 e. The lowest BCUT2D eigenvalue weighted by Gasteiger charge is -2.42. The van der Waals surface area contributed by atoms with Crippen molar-refractivity contribution in [3.8, 4) is 5.75 Å². The molecule has 0 atom stereocenters. The molecule has 0 saturated carbocycles. The van der Waals surface area contributed by atoms with E-state index in [0.29, 0.717) is 17.5 Å². The minimum absolute atomic E-state index is 0.0611. The van der Waals surface area contributed by atoms with Crippen molar-refractivity contribution in [3.05, 3.63) is 47.7 Å². The second-order valence-electron chi connectivity index (χ2n) is 11.0. The number of halogens is 1. The molecule has 226 valence electrons. The first kappa shape index (κ1) is 30.3. The highest BCUT2D eigenvalue weighted by Crippen LogP contribution is 2.34. The molecule has 0 aliphatic carbocycles. The second-order valence-corrected chi connectivity index (χ2v) is 13.9. The zero-order valence-corrected chi connectivity index (χ0v) is 26.1. The average molecular weight is 615 g/mol. The predicted molar refractivity (Wildman–Crippen MR) is 167 cm³/mol. The first-order valence-corrected chi connectivity index (χ1v) is 16.2. The van der Waals surface area contributed by atoms with E-state index in [1.165, 1.54) is 12.4 Å². The van der Waals surface area contributed by atoms with E-state index in [9.17, 15) is 8.42 Å². The van der Waals surface area contributed by atoms with Crippen LogP contribution in [0.5, 0.6) is 5.75 Å². The molecule has 2 N–H and O–H groups in total. The lowest BCUT2D eigenvalue weighted by Crippen LogP contribution is -2.52. The van der Waals surface area contributed by atoms with Crippen LogP contribution < -0.4 is 20.3 Å². The molecule has 2 saturated heterocycles. The third-order valence-corrected chi connectivity index (χ3v) is 10.4. The molecule has 5 rings (SSSR count). The maximum atomic E-state index is 12.8. The third-order valence-electron chi connectivity index (χ3n) is 7.97. The number of likely N-dealkylation sites (N-methyl/N-ethyl adjacent to an activating group) is 1. The zero-order valence-electron chi connectivity index (χ0n) is 24.5. The number of pyridine rings is 1. The molecule has 2 fully saturated rings. The SMILES string of the molecule is COc1cc(N2CCC(N3CCN(C)CC3)CC2)ccc1Nc1ncc(Cl)c(Nc2cccnc2S(=O)(=O)C(C)C)n1. The van der Waals surface area contributed by atoms with Gasteiger partial charge in [0.15, 0.2) is 20.7 Å². The van der Waals surface area contributed by atoms with Crippen molar-refractivity contribution in [2.75, 3.05) is 69.0 Å². The molecular weight excluding hydrogens is 576 g/mol. The molecule has 2 aromatic heterocycles. The Morgan fingerprint density at radius 2 is 1.74 bits per heavy atom. The van der Waals surface area contributed by atoms with Crippen LogP contribution in [0.4, 0.5) is 28.8 Å². The van der Waals surface area contributed by atoms with Crippen molar-refractivity contribution in [1.29, 1.82) is 0 Å². The summed E-state index contributed by atoms with van der Waals surface area (Å²) in [6, 6.07) is 10.00. The number of ether oxygens (including phenoxy) is 1. The summed E-state index contributed by atoms with van der Waals surface area (Å²) in [5.74, 6) is 1.19. The van der Waals surface area contributed by atoms with Crippen LogP contribution in [0.2, 0.25) is 5.02 Å². The summed E-state index contributed by atoms with van der Waals surface area (Å²) >= 11 is 6.39. The first-order valence-electron chi connectivity index (χ1n) is 14.3. The van der Waals surface area contributed by atoms with Gasteiger partial charge in [0.1, 0.15) is 10.8 Å². The molecule has 11 nitrogen and oxygen atoms in total. The van der Waals surface area contributed by atoms with Crippen molar-refractivity contribution < 1.29 is 13.2 Å². The Hall–Kier alpha value is -3.19. The number of benzene rings is 1. The number of hydrogen-bond acceptors (Lipinski definition) is 11. The van der Waals surface area contributed by atoms with Gasteiger partial charge in [0.2, 0.25) is 5.95 Å². The lowest BCUT2D eigenvalue weighted by molar-refractivity contribution is 0.0982. The summed E-state index contributed by atoms with van der Waals surface area (Å²) in [6.07, 6.45) is 5.20. The fourth-order valence-electron chi connectivity index (χ4n) is 5.36. The normalized spacial score (nSPS) is 17.4. The van der Waals surface area contributed by atoms with E-state index in [4.69, 9.17) is 16.3 Å². The zero-order chi connectivity index (χ0) is 29.9. The first-order chi connectivity index (χ1) is 20.2. The summed E-state index contributed by atoms with van der Waals surface area (Å²) in [6.45, 7) is 9.83. The molecule has 13 heteroatoms. The molecule has 0 spiro atoms. The van der Waals surface area contributed by atoms with Gasteiger partial charge in [0, 0.05) is 63.3 Å². The third kappa shape index (κ3) is 6.72. The Labute approximate surface area is 253 Å². The van der Waals surface area contributed by atoms with Gasteiger partial charge in [-0.2, -0.15) is 4.98 Å². The summed E-state index contributed by atoms with van der Waals surface area (Å²) in [5, 5.41) is 5.78. The van der Waals surface area contributed by atoms with E-state index in [-0.39, 0.29) is 27.5 Å². The number of hydrogen-bond donors (Lipinski definition) is 2. The van der Waals surface area contributed by atoms with Gasteiger partial charge in [-0.25, -0.2) is 18.4 Å². The molecule has 0 unspecified atom stereocenters. The number of anilines is 5. The maximum absolute atomic E-state index is 12.8. The van der Waals surface area contributed by atoms with Crippen molar-refractivity contribution in [1.82, 2.24) is 24.8 Å². The highest BCUT2D eigenvalue weighted by Gasteiger charge is 2.27. The average Bonchev–Trinajstić information content (AvgIpc) is 2.99. The number of nitrogens with one attached hydrogen (secondary N) is 2. The van der Waals surface area contributed by atoms with Crippen molar-refractivity contribution in [2.45, 2.75) is 43.0 Å². The van der Waals surface area contributed by atoms with Gasteiger partial charge in [-0.1, -0.05) is 11.6 Å². The summed E-state index contributed by atoms with van der Waals surface area (Å²) in [5.41, 5.74) is 2.10. The van der Waals surface area contributed by atoms with Crippen LogP contribution in [-0.4, -0.2) is 97.9 Å². The predicted octanol–water partition coefficient (Wildman–Crippen LogP) is 4.42. The molecule has 3 aromatic rings. The van der Waals surface area contributed by atoms with Crippen LogP contribution in [0, 0.1) is 0 Å². The molecule has 0 amide bonds. The Bertz CT molecular complexity index is 1490. The summed E-state index contributed by atoms with van der Waals surface area (Å²) < 4.78 is 31.4. The summed E-state index contributed by atoms with van der Waals surface area (Å²) in [4.78, 5) is 20.4. The largest absolute Gasteiger partial charge is 0.494 e. The Morgan fingerprint density at radius 3 is 2.43 bits per heavy atom. The van der Waals surface area contributed by atoms with Crippen molar-refractivity contribution >= 4 is 50.3 Å². The number of piperazine rings is 1. The van der Waals surface area contributed by atoms with Crippen LogP contribution in [-0.2, 0) is 9.84 Å². The molecule has 0 radical (unpaired) electrons. The summed E-state index contributed by atoms with van der Waals surface area (Å²) in [7, 11) is 0.200. The Kier molecular flexibility index (Phi) is 9.36. The van der Waals surface area contributed by atoms with Crippen LogP contribution >= 0.6 is 11.6 Å². The molecule has 42 heavy (non-hydrogen) atoms. The van der Waals surface area contributed by atoms with E-state index >= 15 is 0 Å². The van der Waals surface area contributed by atoms with E-state index in [1.807, 2.05) is 12.1 Å². The van der Waals surface area contributed by atoms with Crippen molar-refractivity contribution in [3.63, 3.8) is 0 Å². The molecule has 1 aromatic carbocycles. The Morgan fingerprint density at radius 1 is 1.00 bits per heavy atom. The standard InChI is InChI=1S/C29H39ClN8O3S/c1-20(2)42(39,40)28-25(6-5-11-31-28)33-27-23(30)19-32-29(35-27)34-24-8-7-22(18-26(24)41-4)37-12-9-21(10-13-37)38-16-14-36(3)15-17-38/h5-8,11,18-21H,9-10,12-17H2,1-4H3,(H2,32,33,34,35). The number of piperidine rings is 1. The Balaban J connectivity index is 1.28. The van der Waals surface area contributed by atoms with Gasteiger partial charge in [-0.15, -0.1) is 0 Å². The number of methoxy groups -OCH3 is 1. The van der Waals surface area contributed by atoms with Gasteiger partial charge >= 0.3 is 0 Å². The molecular formula is C29H39ClN8O3S. The minimum atomic E-state index is -3.63. The monoisotopic (exact) mass is 614 g/mol. The number of aromatic nitrogens is 3. The van der Waals surface area contributed by atoms with Gasteiger partial charge in [-0.05, 0) is 58.0 Å². The van der Waals surface area contributed by atoms with E-state index < -0.39 is 15.1 Å². The second kappa shape index (κ2) is 13.0. The number of rotatable bonds is 9. The van der Waals surface area contributed by atoms with Crippen molar-refractivity contribution in [2.24, 2.45) is 0 Å². The smallest absolute Gasteiger partial charge is 0.229 e. The van der Waals surface area contributed by atoms with Crippen LogP contribution in [0.15, 0.2) is 47.8 Å². The highest BCUT2D eigenvalue weighted by atomic mass is 35.5. The topological polar surface area (TPSA) is 116 Å².